The minimum Gasteiger partial charge on any atom is -0.368 e. The van der Waals surface area contributed by atoms with Crippen molar-refractivity contribution in [3.05, 3.63) is 101 Å². The lowest BCUT2D eigenvalue weighted by Crippen LogP contribution is -2.49. The van der Waals surface area contributed by atoms with Gasteiger partial charge in [-0.25, -0.2) is 12.8 Å². The Morgan fingerprint density at radius 1 is 0.882 bits per heavy atom. The molecule has 3 aromatic carbocycles. The van der Waals surface area contributed by atoms with Crippen molar-refractivity contribution in [1.82, 2.24) is 4.90 Å². The molecule has 1 heterocycles. The first-order valence-corrected chi connectivity index (χ1v) is 12.6. The lowest BCUT2D eigenvalue weighted by molar-refractivity contribution is -0.130. The predicted molar refractivity (Wildman–Crippen MR) is 133 cm³/mol. The molecule has 34 heavy (non-hydrogen) atoms. The molecule has 0 aromatic heterocycles. The van der Waals surface area contributed by atoms with Gasteiger partial charge in [0.15, 0.2) is 0 Å². The number of sulfonamides is 1. The zero-order chi connectivity index (χ0) is 24.0. The Labute approximate surface area is 199 Å². The largest absolute Gasteiger partial charge is 0.368 e. The highest BCUT2D eigenvalue weighted by atomic mass is 32.2. The van der Waals surface area contributed by atoms with E-state index in [0.717, 1.165) is 22.2 Å². The number of carbonyl (C=O) groups excluding carboxylic acids is 1. The van der Waals surface area contributed by atoms with E-state index in [-0.39, 0.29) is 18.1 Å². The Morgan fingerprint density at radius 2 is 1.53 bits per heavy atom. The maximum Gasteiger partial charge on any atom is 0.255 e. The summed E-state index contributed by atoms with van der Waals surface area (Å²) in [5.41, 5.74) is 3.05. The minimum atomic E-state index is -3.62. The maximum absolute atomic E-state index is 13.1. The zero-order valence-corrected chi connectivity index (χ0v) is 19.4. The quantitative estimate of drug-likeness (QED) is 0.553. The maximum atomic E-state index is 13.1. The van der Waals surface area contributed by atoms with Gasteiger partial charge in [0, 0.05) is 37.6 Å². The predicted octanol–water partition coefficient (Wildman–Crippen LogP) is 4.13. The van der Waals surface area contributed by atoms with Gasteiger partial charge in [-0.3, -0.25) is 9.52 Å². The number of benzene rings is 3. The van der Waals surface area contributed by atoms with Crippen molar-refractivity contribution < 1.29 is 17.6 Å². The molecule has 4 rings (SSSR count). The van der Waals surface area contributed by atoms with Gasteiger partial charge < -0.3 is 9.80 Å². The molecule has 0 aliphatic carbocycles. The number of rotatable bonds is 7. The van der Waals surface area contributed by atoms with E-state index >= 15 is 0 Å². The third kappa shape index (κ3) is 6.45. The van der Waals surface area contributed by atoms with Crippen LogP contribution in [0.15, 0.2) is 84.3 Å². The third-order valence-electron chi connectivity index (χ3n) is 5.63. The van der Waals surface area contributed by atoms with Gasteiger partial charge in [-0.05, 0) is 53.6 Å². The number of anilines is 2. The minimum absolute atomic E-state index is 0.0274. The van der Waals surface area contributed by atoms with Gasteiger partial charge in [0.25, 0.3) is 10.0 Å². The van der Waals surface area contributed by atoms with Crippen molar-refractivity contribution in [2.24, 2.45) is 0 Å². The first kappa shape index (κ1) is 23.5. The average molecular weight is 480 g/mol. The van der Waals surface area contributed by atoms with Gasteiger partial charge in [-0.1, -0.05) is 42.5 Å². The summed E-state index contributed by atoms with van der Waals surface area (Å²) in [6, 6.07) is 22.4. The zero-order valence-electron chi connectivity index (χ0n) is 18.6. The molecule has 1 aliphatic rings. The molecular formula is C26H26FN3O3S. The highest BCUT2D eigenvalue weighted by molar-refractivity contribution is 7.95. The summed E-state index contributed by atoms with van der Waals surface area (Å²) in [4.78, 5) is 16.5. The summed E-state index contributed by atoms with van der Waals surface area (Å²) in [6.45, 7) is 2.55. The first-order chi connectivity index (χ1) is 16.4. The molecule has 0 atom stereocenters. The number of piperazine rings is 1. The fourth-order valence-electron chi connectivity index (χ4n) is 3.77. The molecule has 0 bridgehead atoms. The summed E-state index contributed by atoms with van der Waals surface area (Å²) in [5.74, 6) is -0.285. The van der Waals surface area contributed by atoms with E-state index < -0.39 is 10.0 Å². The van der Waals surface area contributed by atoms with Crippen molar-refractivity contribution in [2.75, 3.05) is 35.8 Å². The van der Waals surface area contributed by atoms with Crippen LogP contribution in [-0.4, -0.2) is 45.4 Å². The molecule has 1 N–H and O–H groups in total. The van der Waals surface area contributed by atoms with Crippen LogP contribution in [0.1, 0.15) is 11.1 Å². The summed E-state index contributed by atoms with van der Waals surface area (Å²) in [6.07, 6.45) is 1.81. The molecule has 1 saturated heterocycles. The molecule has 0 unspecified atom stereocenters. The summed E-state index contributed by atoms with van der Waals surface area (Å²) >= 11 is 0. The van der Waals surface area contributed by atoms with Crippen LogP contribution in [0.2, 0.25) is 0 Å². The standard InChI is InChI=1S/C26H26FN3O3S/c27-23-8-6-22(7-9-23)20-26(31)30-17-15-29(16-18-30)25-12-10-24(11-13-25)28-34(32,33)19-14-21-4-2-1-3-5-21/h1-14,19,28H,15-18,20H2/b19-14+. The molecule has 0 saturated carbocycles. The molecule has 0 spiro atoms. The number of halogens is 1. The lowest BCUT2D eigenvalue weighted by atomic mass is 10.1. The molecule has 1 aliphatic heterocycles. The summed E-state index contributed by atoms with van der Waals surface area (Å²) in [7, 11) is -3.62. The van der Waals surface area contributed by atoms with Crippen LogP contribution in [0.5, 0.6) is 0 Å². The number of nitrogens with zero attached hydrogens (tertiary/aromatic N) is 2. The first-order valence-electron chi connectivity index (χ1n) is 11.0. The highest BCUT2D eigenvalue weighted by Gasteiger charge is 2.21. The topological polar surface area (TPSA) is 69.7 Å². The molecule has 6 nitrogen and oxygen atoms in total. The van der Waals surface area contributed by atoms with Crippen LogP contribution in [0.25, 0.3) is 6.08 Å². The van der Waals surface area contributed by atoms with Crippen molar-refractivity contribution in [3.63, 3.8) is 0 Å². The fraction of sp³-hybridized carbons (Fsp3) is 0.192. The molecule has 1 amide bonds. The second kappa shape index (κ2) is 10.5. The van der Waals surface area contributed by atoms with E-state index in [9.17, 15) is 17.6 Å². The number of carbonyl (C=O) groups is 1. The van der Waals surface area contributed by atoms with Gasteiger partial charge in [0.1, 0.15) is 5.82 Å². The van der Waals surface area contributed by atoms with Gasteiger partial charge in [0.2, 0.25) is 5.91 Å². The number of hydrogen-bond donors (Lipinski definition) is 1. The molecular weight excluding hydrogens is 453 g/mol. The van der Waals surface area contributed by atoms with E-state index in [1.807, 2.05) is 47.4 Å². The van der Waals surface area contributed by atoms with Crippen LogP contribution < -0.4 is 9.62 Å². The molecule has 3 aromatic rings. The molecule has 1 fully saturated rings. The van der Waals surface area contributed by atoms with Crippen LogP contribution in [0.3, 0.4) is 0 Å². The van der Waals surface area contributed by atoms with E-state index in [0.29, 0.717) is 31.9 Å². The second-order valence-corrected chi connectivity index (χ2v) is 9.64. The normalized spacial score (nSPS) is 14.4. The smallest absolute Gasteiger partial charge is 0.255 e. The van der Waals surface area contributed by atoms with Crippen molar-refractivity contribution in [3.8, 4) is 0 Å². The van der Waals surface area contributed by atoms with E-state index in [4.69, 9.17) is 0 Å². The van der Waals surface area contributed by atoms with Crippen LogP contribution >= 0.6 is 0 Å². The molecule has 0 radical (unpaired) electrons. The molecule has 176 valence electrons. The van der Waals surface area contributed by atoms with Crippen molar-refractivity contribution >= 4 is 33.4 Å². The summed E-state index contributed by atoms with van der Waals surface area (Å²) in [5, 5.41) is 1.15. The van der Waals surface area contributed by atoms with Crippen LogP contribution in [-0.2, 0) is 21.2 Å². The number of hydrogen-bond acceptors (Lipinski definition) is 4. The van der Waals surface area contributed by atoms with E-state index in [2.05, 4.69) is 9.62 Å². The Hall–Kier alpha value is -3.65. The SMILES string of the molecule is O=C(Cc1ccc(F)cc1)N1CCN(c2ccc(NS(=O)(=O)/C=C/c3ccccc3)cc2)CC1. The Morgan fingerprint density at radius 3 is 2.18 bits per heavy atom. The van der Waals surface area contributed by atoms with Crippen LogP contribution in [0, 0.1) is 5.82 Å². The fourth-order valence-corrected chi connectivity index (χ4v) is 4.64. The van der Waals surface area contributed by atoms with Crippen molar-refractivity contribution in [1.29, 1.82) is 0 Å². The third-order valence-corrected chi connectivity index (χ3v) is 6.65. The lowest BCUT2D eigenvalue weighted by Gasteiger charge is -2.36. The Bertz CT molecular complexity index is 1240. The van der Waals surface area contributed by atoms with Gasteiger partial charge in [-0.15, -0.1) is 0 Å². The van der Waals surface area contributed by atoms with Gasteiger partial charge in [0.05, 0.1) is 11.8 Å². The number of amides is 1. The van der Waals surface area contributed by atoms with Crippen molar-refractivity contribution in [2.45, 2.75) is 6.42 Å². The highest BCUT2D eigenvalue weighted by Crippen LogP contribution is 2.21. The monoisotopic (exact) mass is 479 g/mol. The summed E-state index contributed by atoms with van der Waals surface area (Å²) < 4.78 is 40.3. The molecule has 8 heteroatoms. The van der Waals surface area contributed by atoms with Gasteiger partial charge in [-0.2, -0.15) is 0 Å². The second-order valence-electron chi connectivity index (χ2n) is 8.08. The Balaban J connectivity index is 1.29. The van der Waals surface area contributed by atoms with Crippen LogP contribution in [0.4, 0.5) is 15.8 Å². The van der Waals surface area contributed by atoms with E-state index in [1.165, 1.54) is 12.1 Å². The Kier molecular flexibility index (Phi) is 7.27. The van der Waals surface area contributed by atoms with Gasteiger partial charge >= 0.3 is 0 Å². The number of nitrogens with one attached hydrogen (secondary N) is 1. The van der Waals surface area contributed by atoms with E-state index in [1.54, 1.807) is 30.3 Å². The average Bonchev–Trinajstić information content (AvgIpc) is 2.85.